The molecular weight excluding hydrogens is 160 g/mol. The summed E-state index contributed by atoms with van der Waals surface area (Å²) in [6.07, 6.45) is 0.944. The molecule has 0 bridgehead atoms. The van der Waals surface area contributed by atoms with Gasteiger partial charge in [0.2, 0.25) is 0 Å². The maximum absolute atomic E-state index is 3.40. The number of rotatable bonds is 5. The molecule has 2 nitrogen and oxygen atoms in total. The minimum Gasteiger partial charge on any atom is -0.314 e. The van der Waals surface area contributed by atoms with Crippen LogP contribution in [0.2, 0.25) is 0 Å². The number of hydrogen-bond acceptors (Lipinski definition) is 2. The van der Waals surface area contributed by atoms with E-state index in [0.29, 0.717) is 0 Å². The molecule has 0 radical (unpaired) electrons. The van der Waals surface area contributed by atoms with E-state index in [4.69, 9.17) is 0 Å². The molecule has 0 aromatic carbocycles. The van der Waals surface area contributed by atoms with E-state index >= 15 is 0 Å². The zero-order valence-corrected chi connectivity index (χ0v) is 9.57. The predicted molar refractivity (Wildman–Crippen MR) is 58.7 cm³/mol. The Hall–Kier alpha value is -0.520. The zero-order valence-electron chi connectivity index (χ0n) is 9.57. The van der Waals surface area contributed by atoms with Crippen LogP contribution in [0.5, 0.6) is 0 Å². The molecule has 0 heterocycles. The third-order valence-corrected chi connectivity index (χ3v) is 2.37. The Morgan fingerprint density at radius 1 is 1.31 bits per heavy atom. The molecule has 0 aromatic heterocycles. The minimum atomic E-state index is 0.222. The molecule has 76 valence electrons. The van der Waals surface area contributed by atoms with Crippen LogP contribution in [0.3, 0.4) is 0 Å². The highest BCUT2D eigenvalue weighted by Gasteiger charge is 2.18. The third-order valence-electron chi connectivity index (χ3n) is 2.37. The minimum absolute atomic E-state index is 0.222. The summed E-state index contributed by atoms with van der Waals surface area (Å²) < 4.78 is 0. The fourth-order valence-corrected chi connectivity index (χ4v) is 0.828. The highest BCUT2D eigenvalue weighted by Crippen LogP contribution is 2.07. The second-order valence-electron chi connectivity index (χ2n) is 4.06. The van der Waals surface area contributed by atoms with E-state index in [9.17, 15) is 0 Å². The fourth-order valence-electron chi connectivity index (χ4n) is 0.828. The highest BCUT2D eigenvalue weighted by molar-refractivity contribution is 4.95. The largest absolute Gasteiger partial charge is 0.314 e. The molecule has 0 saturated carbocycles. The van der Waals surface area contributed by atoms with Crippen molar-refractivity contribution in [1.82, 2.24) is 10.2 Å². The molecule has 1 N–H and O–H groups in total. The van der Waals surface area contributed by atoms with E-state index in [-0.39, 0.29) is 5.54 Å². The lowest BCUT2D eigenvalue weighted by molar-refractivity contribution is 0.191. The molecule has 0 aliphatic heterocycles. The second-order valence-corrected chi connectivity index (χ2v) is 4.06. The first-order valence-electron chi connectivity index (χ1n) is 4.78. The lowest BCUT2D eigenvalue weighted by atomic mass is 10.0. The molecular formula is C11H22N2. The van der Waals surface area contributed by atoms with E-state index in [0.717, 1.165) is 19.5 Å². The van der Waals surface area contributed by atoms with E-state index in [2.05, 4.69) is 50.0 Å². The van der Waals surface area contributed by atoms with Crippen LogP contribution in [-0.4, -0.2) is 37.6 Å². The van der Waals surface area contributed by atoms with Gasteiger partial charge in [-0.3, -0.25) is 0 Å². The van der Waals surface area contributed by atoms with E-state index in [1.165, 1.54) is 0 Å². The van der Waals surface area contributed by atoms with Crippen molar-refractivity contribution in [2.75, 3.05) is 27.2 Å². The SMILES string of the molecule is CC#CCCNCC(C)(C)N(C)C. The summed E-state index contributed by atoms with van der Waals surface area (Å²) in [5, 5.41) is 3.40. The number of hydrogen-bond donors (Lipinski definition) is 1. The van der Waals surface area contributed by atoms with Crippen LogP contribution >= 0.6 is 0 Å². The molecule has 0 aliphatic rings. The first kappa shape index (κ1) is 12.5. The smallest absolute Gasteiger partial charge is 0.0271 e. The van der Waals surface area contributed by atoms with Crippen LogP contribution in [0.25, 0.3) is 0 Å². The quantitative estimate of drug-likeness (QED) is 0.510. The van der Waals surface area contributed by atoms with Crippen LogP contribution < -0.4 is 5.32 Å². The molecule has 2 heteroatoms. The van der Waals surface area contributed by atoms with Gasteiger partial charge in [-0.05, 0) is 34.9 Å². The average molecular weight is 182 g/mol. The van der Waals surface area contributed by atoms with Crippen molar-refractivity contribution >= 4 is 0 Å². The van der Waals surface area contributed by atoms with Crippen LogP contribution in [0.4, 0.5) is 0 Å². The number of nitrogens with one attached hydrogen (secondary N) is 1. The van der Waals surface area contributed by atoms with Gasteiger partial charge in [-0.2, -0.15) is 0 Å². The van der Waals surface area contributed by atoms with Crippen molar-refractivity contribution in [2.45, 2.75) is 32.7 Å². The van der Waals surface area contributed by atoms with Gasteiger partial charge in [0.25, 0.3) is 0 Å². The van der Waals surface area contributed by atoms with Gasteiger partial charge in [-0.25, -0.2) is 0 Å². The summed E-state index contributed by atoms with van der Waals surface area (Å²) in [6.45, 7) is 8.32. The fraction of sp³-hybridized carbons (Fsp3) is 0.818. The predicted octanol–water partition coefficient (Wildman–Crippen LogP) is 1.33. The Morgan fingerprint density at radius 3 is 2.38 bits per heavy atom. The summed E-state index contributed by atoms with van der Waals surface area (Å²) >= 11 is 0. The van der Waals surface area contributed by atoms with Gasteiger partial charge in [-0.1, -0.05) is 0 Å². The summed E-state index contributed by atoms with van der Waals surface area (Å²) in [4.78, 5) is 2.23. The topological polar surface area (TPSA) is 15.3 Å². The Labute approximate surface area is 82.7 Å². The molecule has 0 rings (SSSR count). The molecule has 0 amide bonds. The monoisotopic (exact) mass is 182 g/mol. The molecule has 0 aliphatic carbocycles. The van der Waals surface area contributed by atoms with Crippen LogP contribution in [0.15, 0.2) is 0 Å². The summed E-state index contributed by atoms with van der Waals surface area (Å²) in [5.41, 5.74) is 0.222. The maximum Gasteiger partial charge on any atom is 0.0271 e. The average Bonchev–Trinajstić information content (AvgIpc) is 2.03. The molecule has 0 saturated heterocycles. The van der Waals surface area contributed by atoms with Crippen LogP contribution in [0.1, 0.15) is 27.2 Å². The molecule has 13 heavy (non-hydrogen) atoms. The molecule has 0 atom stereocenters. The second kappa shape index (κ2) is 6.01. The molecule has 0 unspecified atom stereocenters. The van der Waals surface area contributed by atoms with Gasteiger partial charge in [0.15, 0.2) is 0 Å². The standard InChI is InChI=1S/C11H22N2/c1-6-7-8-9-12-10-11(2,3)13(4)5/h12H,8-10H2,1-5H3. The van der Waals surface area contributed by atoms with Crippen molar-refractivity contribution in [2.24, 2.45) is 0 Å². The van der Waals surface area contributed by atoms with Gasteiger partial charge in [-0.15, -0.1) is 11.8 Å². The van der Waals surface area contributed by atoms with Crippen molar-refractivity contribution in [3.63, 3.8) is 0 Å². The molecule has 0 aromatic rings. The zero-order chi connectivity index (χ0) is 10.3. The first-order chi connectivity index (χ1) is 6.00. The van der Waals surface area contributed by atoms with Gasteiger partial charge in [0, 0.05) is 25.0 Å². The Bertz CT molecular complexity index is 184. The molecule has 0 fully saturated rings. The Kier molecular flexibility index (Phi) is 5.77. The lowest BCUT2D eigenvalue weighted by Crippen LogP contribution is -2.46. The maximum atomic E-state index is 3.40. The van der Waals surface area contributed by atoms with Crippen molar-refractivity contribution < 1.29 is 0 Å². The van der Waals surface area contributed by atoms with Gasteiger partial charge in [0.1, 0.15) is 0 Å². The Balaban J connectivity index is 3.56. The van der Waals surface area contributed by atoms with E-state index < -0.39 is 0 Å². The van der Waals surface area contributed by atoms with Gasteiger partial charge >= 0.3 is 0 Å². The summed E-state index contributed by atoms with van der Waals surface area (Å²) in [5.74, 6) is 5.93. The summed E-state index contributed by atoms with van der Waals surface area (Å²) in [6, 6.07) is 0. The normalized spacial score (nSPS) is 11.2. The first-order valence-corrected chi connectivity index (χ1v) is 4.78. The van der Waals surface area contributed by atoms with Gasteiger partial charge in [0.05, 0.1) is 0 Å². The van der Waals surface area contributed by atoms with Gasteiger partial charge < -0.3 is 10.2 Å². The molecule has 0 spiro atoms. The van der Waals surface area contributed by atoms with E-state index in [1.54, 1.807) is 0 Å². The van der Waals surface area contributed by atoms with Crippen molar-refractivity contribution in [3.05, 3.63) is 0 Å². The van der Waals surface area contributed by atoms with E-state index in [1.807, 2.05) is 6.92 Å². The third kappa shape index (κ3) is 5.68. The Morgan fingerprint density at radius 2 is 1.92 bits per heavy atom. The van der Waals surface area contributed by atoms with Crippen molar-refractivity contribution in [3.8, 4) is 11.8 Å². The van der Waals surface area contributed by atoms with Crippen LogP contribution in [0, 0.1) is 11.8 Å². The van der Waals surface area contributed by atoms with Crippen LogP contribution in [-0.2, 0) is 0 Å². The summed E-state index contributed by atoms with van der Waals surface area (Å²) in [7, 11) is 4.21. The highest BCUT2D eigenvalue weighted by atomic mass is 15.2. The number of likely N-dealkylation sites (N-methyl/N-ethyl adjacent to an activating group) is 1. The lowest BCUT2D eigenvalue weighted by Gasteiger charge is -2.32. The number of nitrogens with zero attached hydrogens (tertiary/aromatic N) is 1. The van der Waals surface area contributed by atoms with Crippen molar-refractivity contribution in [1.29, 1.82) is 0 Å².